The van der Waals surface area contributed by atoms with Crippen molar-refractivity contribution in [1.82, 2.24) is 9.80 Å². The highest BCUT2D eigenvalue weighted by molar-refractivity contribution is 7.99. The number of hydrogen-bond donors (Lipinski definition) is 1. The van der Waals surface area contributed by atoms with Crippen LogP contribution in [0.25, 0.3) is 0 Å². The van der Waals surface area contributed by atoms with Crippen molar-refractivity contribution in [3.05, 3.63) is 28.2 Å². The van der Waals surface area contributed by atoms with Crippen LogP contribution in [0.15, 0.2) is 18.2 Å². The lowest BCUT2D eigenvalue weighted by Crippen LogP contribution is -2.49. The van der Waals surface area contributed by atoms with E-state index >= 15 is 0 Å². The molecule has 2 aliphatic rings. The molecule has 2 aliphatic heterocycles. The van der Waals surface area contributed by atoms with Crippen molar-refractivity contribution in [2.45, 2.75) is 18.9 Å². The van der Waals surface area contributed by atoms with Crippen LogP contribution in [0.1, 0.15) is 12.8 Å². The fourth-order valence-electron chi connectivity index (χ4n) is 3.26. The number of nitrogens with zero attached hydrogens (tertiary/aromatic N) is 2. The summed E-state index contributed by atoms with van der Waals surface area (Å²) in [5, 5.41) is 3.52. The number of likely N-dealkylation sites (tertiary alicyclic amines) is 1. The van der Waals surface area contributed by atoms with Gasteiger partial charge in [-0.2, -0.15) is 11.8 Å². The second kappa shape index (κ2) is 8.62. The highest BCUT2D eigenvalue weighted by Gasteiger charge is 2.35. The first-order valence-electron chi connectivity index (χ1n) is 8.40. The normalized spacial score (nSPS) is 21.4. The Balaban J connectivity index is 1.60. The maximum atomic E-state index is 12.8. The fraction of sp³-hybridized carbons (Fsp3) is 0.529. The maximum absolute atomic E-state index is 12.8. The lowest BCUT2D eigenvalue weighted by molar-refractivity contribution is -0.136. The van der Waals surface area contributed by atoms with E-state index in [0.29, 0.717) is 15.7 Å². The number of hydrogen-bond acceptors (Lipinski definition) is 4. The van der Waals surface area contributed by atoms with Gasteiger partial charge in [0.25, 0.3) is 0 Å². The van der Waals surface area contributed by atoms with E-state index in [4.69, 9.17) is 23.2 Å². The van der Waals surface area contributed by atoms with Gasteiger partial charge < -0.3 is 10.2 Å². The summed E-state index contributed by atoms with van der Waals surface area (Å²) >= 11 is 14.0. The minimum atomic E-state index is -0.191. The van der Waals surface area contributed by atoms with E-state index in [0.717, 1.165) is 44.0 Å². The molecule has 0 saturated carbocycles. The van der Waals surface area contributed by atoms with E-state index in [1.807, 2.05) is 21.6 Å². The van der Waals surface area contributed by atoms with Crippen molar-refractivity contribution in [3.63, 3.8) is 0 Å². The Morgan fingerprint density at radius 2 is 1.96 bits per heavy atom. The van der Waals surface area contributed by atoms with Crippen LogP contribution in [-0.4, -0.2) is 65.3 Å². The highest BCUT2D eigenvalue weighted by atomic mass is 35.5. The minimum Gasteiger partial charge on any atom is -0.340 e. The van der Waals surface area contributed by atoms with Crippen molar-refractivity contribution in [1.29, 1.82) is 0 Å². The number of amides is 2. The predicted molar refractivity (Wildman–Crippen MR) is 104 cm³/mol. The highest BCUT2D eigenvalue weighted by Crippen LogP contribution is 2.29. The van der Waals surface area contributed by atoms with E-state index in [9.17, 15) is 9.59 Å². The van der Waals surface area contributed by atoms with E-state index in [1.165, 1.54) is 0 Å². The summed E-state index contributed by atoms with van der Waals surface area (Å²) in [6.07, 6.45) is 1.75. The second-order valence-electron chi connectivity index (χ2n) is 6.22. The van der Waals surface area contributed by atoms with E-state index in [2.05, 4.69) is 5.32 Å². The maximum Gasteiger partial charge on any atom is 0.239 e. The van der Waals surface area contributed by atoms with Crippen LogP contribution in [0, 0.1) is 0 Å². The molecule has 1 aromatic rings. The molecule has 5 nitrogen and oxygen atoms in total. The zero-order valence-electron chi connectivity index (χ0n) is 13.8. The Labute approximate surface area is 162 Å². The molecule has 2 heterocycles. The third kappa shape index (κ3) is 4.61. The largest absolute Gasteiger partial charge is 0.340 e. The van der Waals surface area contributed by atoms with Gasteiger partial charge in [0, 0.05) is 24.6 Å². The molecule has 2 amide bonds. The second-order valence-corrected chi connectivity index (χ2v) is 8.23. The number of halogens is 2. The van der Waals surface area contributed by atoms with Gasteiger partial charge in [-0.25, -0.2) is 0 Å². The van der Waals surface area contributed by atoms with E-state index in [1.54, 1.807) is 18.2 Å². The smallest absolute Gasteiger partial charge is 0.239 e. The fourth-order valence-corrected chi connectivity index (χ4v) is 4.51. The van der Waals surface area contributed by atoms with Crippen LogP contribution < -0.4 is 5.32 Å². The Bertz CT molecular complexity index is 653. The number of carbonyl (C=O) groups is 2. The van der Waals surface area contributed by atoms with Gasteiger partial charge in [0.05, 0.1) is 28.3 Å². The van der Waals surface area contributed by atoms with Gasteiger partial charge in [-0.15, -0.1) is 0 Å². The van der Waals surface area contributed by atoms with Crippen molar-refractivity contribution in [2.24, 2.45) is 0 Å². The monoisotopic (exact) mass is 401 g/mol. The van der Waals surface area contributed by atoms with Gasteiger partial charge >= 0.3 is 0 Å². The van der Waals surface area contributed by atoms with Crippen molar-refractivity contribution >= 4 is 52.5 Å². The summed E-state index contributed by atoms with van der Waals surface area (Å²) in [7, 11) is 0. The lowest BCUT2D eigenvalue weighted by Gasteiger charge is -2.32. The van der Waals surface area contributed by atoms with Crippen LogP contribution in [0.3, 0.4) is 0 Å². The molecule has 0 aromatic heterocycles. The van der Waals surface area contributed by atoms with Crippen molar-refractivity contribution < 1.29 is 9.59 Å². The first kappa shape index (κ1) is 18.8. The third-order valence-corrected chi connectivity index (χ3v) is 6.31. The van der Waals surface area contributed by atoms with Crippen LogP contribution >= 0.6 is 35.0 Å². The van der Waals surface area contributed by atoms with E-state index in [-0.39, 0.29) is 24.4 Å². The molecule has 0 spiro atoms. The zero-order valence-corrected chi connectivity index (χ0v) is 16.2. The Morgan fingerprint density at radius 1 is 1.20 bits per heavy atom. The summed E-state index contributed by atoms with van der Waals surface area (Å²) < 4.78 is 0. The first-order chi connectivity index (χ1) is 12.1. The van der Waals surface area contributed by atoms with Crippen molar-refractivity contribution in [2.75, 3.05) is 43.0 Å². The predicted octanol–water partition coefficient (Wildman–Crippen LogP) is 2.97. The molecule has 8 heteroatoms. The molecule has 0 bridgehead atoms. The standard InChI is InChI=1S/C17H21Cl2N3O2S/c18-12-3-1-4-13(16(12)19)20-15(23)11-22-6-2-5-14(22)17(24)21-7-9-25-10-8-21/h1,3-4,14H,2,5-11H2,(H,20,23). The van der Waals surface area contributed by atoms with Gasteiger partial charge in [-0.1, -0.05) is 29.3 Å². The first-order valence-corrected chi connectivity index (χ1v) is 10.3. The average molecular weight is 402 g/mol. The number of carbonyl (C=O) groups excluding carboxylic acids is 2. The van der Waals surface area contributed by atoms with Crippen molar-refractivity contribution in [3.8, 4) is 0 Å². The van der Waals surface area contributed by atoms with Crippen LogP contribution in [0.2, 0.25) is 10.0 Å². The zero-order chi connectivity index (χ0) is 17.8. The molecule has 1 aromatic carbocycles. The van der Waals surface area contributed by atoms with Crippen LogP contribution in [0.4, 0.5) is 5.69 Å². The van der Waals surface area contributed by atoms with E-state index < -0.39 is 0 Å². The van der Waals surface area contributed by atoms with Crippen LogP contribution in [-0.2, 0) is 9.59 Å². The Kier molecular flexibility index (Phi) is 6.49. The molecule has 2 fully saturated rings. The number of thioether (sulfide) groups is 1. The van der Waals surface area contributed by atoms with Gasteiger partial charge in [0.2, 0.25) is 11.8 Å². The Hall–Kier alpha value is -0.950. The molecule has 0 radical (unpaired) electrons. The van der Waals surface area contributed by atoms with Gasteiger partial charge in [0.1, 0.15) is 0 Å². The molecule has 136 valence electrons. The number of benzene rings is 1. The molecular formula is C17H21Cl2N3O2S. The third-order valence-electron chi connectivity index (χ3n) is 4.54. The van der Waals surface area contributed by atoms with Gasteiger partial charge in [-0.3, -0.25) is 14.5 Å². The summed E-state index contributed by atoms with van der Waals surface area (Å²) in [5.74, 6) is 1.96. The molecule has 1 unspecified atom stereocenters. The quantitative estimate of drug-likeness (QED) is 0.842. The molecule has 2 saturated heterocycles. The lowest BCUT2D eigenvalue weighted by atomic mass is 10.2. The molecule has 1 N–H and O–H groups in total. The molecule has 0 aliphatic carbocycles. The topological polar surface area (TPSA) is 52.7 Å². The number of nitrogens with one attached hydrogen (secondary N) is 1. The summed E-state index contributed by atoms with van der Waals surface area (Å²) in [4.78, 5) is 29.1. The summed E-state index contributed by atoms with van der Waals surface area (Å²) in [6.45, 7) is 2.55. The molecule has 1 atom stereocenters. The van der Waals surface area contributed by atoms with Gasteiger partial charge in [-0.05, 0) is 31.5 Å². The molecule has 3 rings (SSSR count). The number of anilines is 1. The minimum absolute atomic E-state index is 0.159. The van der Waals surface area contributed by atoms with Crippen LogP contribution in [0.5, 0.6) is 0 Å². The summed E-state index contributed by atoms with van der Waals surface area (Å²) in [6, 6.07) is 4.93. The molecular weight excluding hydrogens is 381 g/mol. The Morgan fingerprint density at radius 3 is 2.72 bits per heavy atom. The summed E-state index contributed by atoms with van der Waals surface area (Å²) in [5.41, 5.74) is 0.495. The average Bonchev–Trinajstić information content (AvgIpc) is 3.07. The van der Waals surface area contributed by atoms with Gasteiger partial charge in [0.15, 0.2) is 0 Å². The molecule has 25 heavy (non-hydrogen) atoms. The SMILES string of the molecule is O=C(CN1CCCC1C(=O)N1CCSCC1)Nc1cccc(Cl)c1Cl. The number of rotatable bonds is 4.